The minimum atomic E-state index is 0.132. The van der Waals surface area contributed by atoms with Crippen LogP contribution >= 0.6 is 0 Å². The van der Waals surface area contributed by atoms with Gasteiger partial charge >= 0.3 is 0 Å². The van der Waals surface area contributed by atoms with E-state index in [4.69, 9.17) is 4.74 Å². The van der Waals surface area contributed by atoms with E-state index in [1.165, 1.54) is 45.1 Å². The predicted molar refractivity (Wildman–Crippen MR) is 85.5 cm³/mol. The second-order valence-electron chi connectivity index (χ2n) is 8.29. The Morgan fingerprint density at radius 3 is 2.50 bits per heavy atom. The number of morpholine rings is 1. The van der Waals surface area contributed by atoms with Gasteiger partial charge in [0.1, 0.15) is 0 Å². The van der Waals surface area contributed by atoms with Crippen LogP contribution in [0.3, 0.4) is 0 Å². The van der Waals surface area contributed by atoms with E-state index in [2.05, 4.69) is 10.2 Å². The van der Waals surface area contributed by atoms with Crippen molar-refractivity contribution < 1.29 is 9.53 Å². The fourth-order valence-electron chi connectivity index (χ4n) is 6.35. The van der Waals surface area contributed by atoms with Gasteiger partial charge in [0.25, 0.3) is 0 Å². The number of nitrogens with zero attached hydrogens (tertiary/aromatic N) is 1. The van der Waals surface area contributed by atoms with Gasteiger partial charge in [-0.05, 0) is 68.7 Å². The quantitative estimate of drug-likeness (QED) is 0.864. The number of ether oxygens (including phenoxy) is 1. The van der Waals surface area contributed by atoms with Crippen LogP contribution < -0.4 is 5.32 Å². The van der Waals surface area contributed by atoms with Crippen molar-refractivity contribution in [3.8, 4) is 0 Å². The van der Waals surface area contributed by atoms with E-state index in [0.717, 1.165) is 44.1 Å². The number of hydrogen-bond acceptors (Lipinski definition) is 3. The third-order valence-corrected chi connectivity index (χ3v) is 6.81. The highest BCUT2D eigenvalue weighted by atomic mass is 16.5. The van der Waals surface area contributed by atoms with Crippen molar-refractivity contribution in [2.45, 2.75) is 51.0 Å². The molecule has 4 nitrogen and oxygen atoms in total. The van der Waals surface area contributed by atoms with E-state index < -0.39 is 0 Å². The molecule has 4 heteroatoms. The molecule has 5 fully saturated rings. The summed E-state index contributed by atoms with van der Waals surface area (Å²) in [5.41, 5.74) is 0.132. The van der Waals surface area contributed by atoms with Crippen molar-refractivity contribution >= 4 is 5.91 Å². The number of amides is 1. The molecule has 4 saturated carbocycles. The Balaban J connectivity index is 1.47. The highest BCUT2D eigenvalue weighted by molar-refractivity contribution is 5.74. The van der Waals surface area contributed by atoms with Gasteiger partial charge in [0, 0.05) is 25.6 Å². The topological polar surface area (TPSA) is 41.6 Å². The van der Waals surface area contributed by atoms with E-state index in [0.29, 0.717) is 5.92 Å². The van der Waals surface area contributed by atoms with E-state index in [-0.39, 0.29) is 11.4 Å². The van der Waals surface area contributed by atoms with Gasteiger partial charge in [-0.1, -0.05) is 0 Å². The Morgan fingerprint density at radius 1 is 1.18 bits per heavy atom. The van der Waals surface area contributed by atoms with Gasteiger partial charge in [0.2, 0.25) is 5.91 Å². The van der Waals surface area contributed by atoms with Gasteiger partial charge in [-0.15, -0.1) is 0 Å². The molecule has 1 heterocycles. The maximum atomic E-state index is 11.8. The zero-order chi connectivity index (χ0) is 15.2. The van der Waals surface area contributed by atoms with Crippen LogP contribution in [0.2, 0.25) is 0 Å². The lowest BCUT2D eigenvalue weighted by Gasteiger charge is -2.61. The molecule has 4 bridgehead atoms. The lowest BCUT2D eigenvalue weighted by Crippen LogP contribution is -2.65. The minimum absolute atomic E-state index is 0.132. The van der Waals surface area contributed by atoms with Crippen molar-refractivity contribution in [1.29, 1.82) is 0 Å². The predicted octanol–water partition coefficient (Wildman–Crippen LogP) is 2.04. The maximum Gasteiger partial charge on any atom is 0.217 e. The van der Waals surface area contributed by atoms with Crippen molar-refractivity contribution in [2.75, 3.05) is 32.8 Å². The van der Waals surface area contributed by atoms with Crippen LogP contribution in [0.4, 0.5) is 0 Å². The van der Waals surface area contributed by atoms with Gasteiger partial charge < -0.3 is 10.1 Å². The second-order valence-corrected chi connectivity index (χ2v) is 8.29. The number of carbonyl (C=O) groups excluding carboxylic acids is 1. The molecule has 5 rings (SSSR count). The summed E-state index contributed by atoms with van der Waals surface area (Å²) in [6.07, 6.45) is 8.01. The average Bonchev–Trinajstić information content (AvgIpc) is 2.45. The summed E-state index contributed by atoms with van der Waals surface area (Å²) in [5, 5.41) is 3.44. The van der Waals surface area contributed by atoms with Crippen LogP contribution in [0.5, 0.6) is 0 Å². The number of rotatable bonds is 4. The molecule has 0 aromatic rings. The molecule has 3 unspecified atom stereocenters. The first-order chi connectivity index (χ1) is 10.6. The molecule has 0 aromatic carbocycles. The summed E-state index contributed by atoms with van der Waals surface area (Å²) in [5.74, 6) is 3.50. The molecule has 22 heavy (non-hydrogen) atoms. The molecule has 3 atom stereocenters. The number of hydrogen-bond donors (Lipinski definition) is 1. The summed E-state index contributed by atoms with van der Waals surface area (Å²) >= 11 is 0. The van der Waals surface area contributed by atoms with Gasteiger partial charge in [-0.25, -0.2) is 0 Å². The molecule has 1 saturated heterocycles. The summed E-state index contributed by atoms with van der Waals surface area (Å²) in [7, 11) is 0. The standard InChI is InChI=1S/C18H30N2O2/c1-13(21)19-18-11-14-8-15(12-18)10-16(9-14)17(18)2-3-20-4-6-22-7-5-20/h14-17H,2-12H2,1H3,(H,19,21). The first-order valence-electron chi connectivity index (χ1n) is 9.23. The van der Waals surface area contributed by atoms with E-state index in [1.807, 2.05) is 0 Å². The lowest BCUT2D eigenvalue weighted by atomic mass is 9.47. The summed E-state index contributed by atoms with van der Waals surface area (Å²) in [6, 6.07) is 0. The Labute approximate surface area is 134 Å². The average molecular weight is 306 g/mol. The van der Waals surface area contributed by atoms with Crippen LogP contribution in [-0.4, -0.2) is 49.2 Å². The van der Waals surface area contributed by atoms with Gasteiger partial charge in [0.15, 0.2) is 0 Å². The van der Waals surface area contributed by atoms with Crippen molar-refractivity contribution in [2.24, 2.45) is 23.7 Å². The molecule has 5 aliphatic rings. The second kappa shape index (κ2) is 5.79. The fourth-order valence-corrected chi connectivity index (χ4v) is 6.35. The molecule has 124 valence electrons. The van der Waals surface area contributed by atoms with Crippen LogP contribution in [0.25, 0.3) is 0 Å². The molecule has 1 N–H and O–H groups in total. The van der Waals surface area contributed by atoms with Crippen LogP contribution in [0, 0.1) is 23.7 Å². The van der Waals surface area contributed by atoms with Crippen LogP contribution in [-0.2, 0) is 9.53 Å². The Hall–Kier alpha value is -0.610. The first kappa shape index (κ1) is 14.9. The summed E-state index contributed by atoms with van der Waals surface area (Å²) in [4.78, 5) is 14.4. The summed E-state index contributed by atoms with van der Waals surface area (Å²) < 4.78 is 5.46. The molecule has 0 radical (unpaired) electrons. The number of carbonyl (C=O) groups is 1. The molecular formula is C18H30N2O2. The maximum absolute atomic E-state index is 11.8. The fraction of sp³-hybridized carbons (Fsp3) is 0.944. The van der Waals surface area contributed by atoms with Crippen LogP contribution in [0.15, 0.2) is 0 Å². The highest BCUT2D eigenvalue weighted by Crippen LogP contribution is 2.59. The molecule has 1 aliphatic heterocycles. The summed E-state index contributed by atoms with van der Waals surface area (Å²) in [6.45, 7) is 6.81. The smallest absolute Gasteiger partial charge is 0.217 e. The molecular weight excluding hydrogens is 276 g/mol. The SMILES string of the molecule is CC(=O)NC12CC3CC(CC(C3)C1CCN1CCOCC1)C2. The van der Waals surface area contributed by atoms with E-state index in [9.17, 15) is 4.79 Å². The molecule has 0 aromatic heterocycles. The van der Waals surface area contributed by atoms with E-state index >= 15 is 0 Å². The van der Waals surface area contributed by atoms with Crippen molar-refractivity contribution in [1.82, 2.24) is 10.2 Å². The first-order valence-corrected chi connectivity index (χ1v) is 9.23. The van der Waals surface area contributed by atoms with Gasteiger partial charge in [0.05, 0.1) is 13.2 Å². The normalized spacial score (nSPS) is 44.2. The van der Waals surface area contributed by atoms with Crippen LogP contribution in [0.1, 0.15) is 45.4 Å². The molecule has 1 amide bonds. The highest BCUT2D eigenvalue weighted by Gasteiger charge is 2.56. The van der Waals surface area contributed by atoms with Crippen molar-refractivity contribution in [3.63, 3.8) is 0 Å². The zero-order valence-electron chi connectivity index (χ0n) is 13.9. The van der Waals surface area contributed by atoms with Gasteiger partial charge in [-0.2, -0.15) is 0 Å². The molecule has 0 spiro atoms. The van der Waals surface area contributed by atoms with E-state index in [1.54, 1.807) is 6.92 Å². The van der Waals surface area contributed by atoms with Crippen molar-refractivity contribution in [3.05, 3.63) is 0 Å². The Morgan fingerprint density at radius 2 is 1.86 bits per heavy atom. The Bertz CT molecular complexity index is 419. The number of nitrogens with one attached hydrogen (secondary N) is 1. The zero-order valence-corrected chi connectivity index (χ0v) is 13.9. The Kier molecular flexibility index (Phi) is 3.93. The third kappa shape index (κ3) is 2.69. The third-order valence-electron chi connectivity index (χ3n) is 6.81. The lowest BCUT2D eigenvalue weighted by molar-refractivity contribution is -0.130. The molecule has 4 aliphatic carbocycles. The van der Waals surface area contributed by atoms with Gasteiger partial charge in [-0.3, -0.25) is 9.69 Å². The largest absolute Gasteiger partial charge is 0.379 e. The monoisotopic (exact) mass is 306 g/mol. The minimum Gasteiger partial charge on any atom is -0.379 e.